The summed E-state index contributed by atoms with van der Waals surface area (Å²) in [7, 11) is 0. The second kappa shape index (κ2) is 9.06. The van der Waals surface area contributed by atoms with E-state index >= 15 is 0 Å². The van der Waals surface area contributed by atoms with Crippen LogP contribution in [0, 0.1) is 10.6 Å². The molecule has 1 saturated heterocycles. The third kappa shape index (κ3) is 4.98. The van der Waals surface area contributed by atoms with Crippen LogP contribution in [0.3, 0.4) is 0 Å². The van der Waals surface area contributed by atoms with Crippen LogP contribution in [-0.4, -0.2) is 64.2 Å². The molecule has 174 valence electrons. The number of halogens is 4. The Bertz CT molecular complexity index is 1320. The summed E-state index contributed by atoms with van der Waals surface area (Å²) in [5.74, 6) is -0.950. The van der Waals surface area contributed by atoms with Crippen LogP contribution < -0.4 is 5.56 Å². The van der Waals surface area contributed by atoms with Crippen molar-refractivity contribution in [2.75, 3.05) is 32.7 Å². The smallest absolute Gasteiger partial charge is 0.337 e. The van der Waals surface area contributed by atoms with Gasteiger partial charge in [-0.3, -0.25) is 14.5 Å². The molecule has 0 bridgehead atoms. The zero-order valence-corrected chi connectivity index (χ0v) is 18.2. The van der Waals surface area contributed by atoms with Gasteiger partial charge in [0.25, 0.3) is 11.5 Å². The van der Waals surface area contributed by atoms with Gasteiger partial charge in [0, 0.05) is 31.7 Å². The van der Waals surface area contributed by atoms with E-state index in [0.717, 1.165) is 4.57 Å². The number of benzene rings is 2. The molecule has 33 heavy (non-hydrogen) atoms. The van der Waals surface area contributed by atoms with Gasteiger partial charge in [0.2, 0.25) is 0 Å². The Labute approximate surface area is 191 Å². The fraction of sp³-hybridized carbons (Fsp3) is 0.318. The summed E-state index contributed by atoms with van der Waals surface area (Å²) < 4.78 is 53.3. The molecule has 1 aliphatic rings. The minimum Gasteiger partial charge on any atom is -0.337 e. The van der Waals surface area contributed by atoms with E-state index in [4.69, 9.17) is 12.2 Å². The lowest BCUT2D eigenvalue weighted by Crippen LogP contribution is -2.38. The predicted octanol–water partition coefficient (Wildman–Crippen LogP) is 3.90. The largest absolute Gasteiger partial charge is 0.401 e. The van der Waals surface area contributed by atoms with Crippen molar-refractivity contribution in [1.29, 1.82) is 0 Å². The average molecular weight is 480 g/mol. The predicted molar refractivity (Wildman–Crippen MR) is 118 cm³/mol. The first-order chi connectivity index (χ1) is 15.6. The molecule has 0 spiro atoms. The second-order valence-electron chi connectivity index (χ2n) is 7.82. The number of alkyl halides is 3. The maximum Gasteiger partial charge on any atom is 0.401 e. The first-order valence-electron chi connectivity index (χ1n) is 10.3. The van der Waals surface area contributed by atoms with Crippen molar-refractivity contribution in [3.05, 3.63) is 69.0 Å². The number of nitrogens with one attached hydrogen (secondary N) is 1. The number of carbonyl (C=O) groups is 1. The van der Waals surface area contributed by atoms with Crippen LogP contribution in [0.1, 0.15) is 16.8 Å². The topological polar surface area (TPSA) is 61.3 Å². The van der Waals surface area contributed by atoms with Crippen LogP contribution in [0.2, 0.25) is 0 Å². The number of aromatic amines is 1. The van der Waals surface area contributed by atoms with Crippen molar-refractivity contribution in [3.63, 3.8) is 0 Å². The van der Waals surface area contributed by atoms with Gasteiger partial charge in [0.15, 0.2) is 4.77 Å². The van der Waals surface area contributed by atoms with E-state index in [1.807, 2.05) is 0 Å². The Hall–Kier alpha value is -3.05. The Morgan fingerprint density at radius 3 is 2.55 bits per heavy atom. The number of H-pyrrole nitrogens is 1. The van der Waals surface area contributed by atoms with Gasteiger partial charge >= 0.3 is 6.18 Å². The lowest BCUT2D eigenvalue weighted by atomic mass is 10.1. The summed E-state index contributed by atoms with van der Waals surface area (Å²) in [4.78, 5) is 31.7. The molecular weight excluding hydrogens is 460 g/mol. The fourth-order valence-corrected chi connectivity index (χ4v) is 4.26. The van der Waals surface area contributed by atoms with Gasteiger partial charge in [0.05, 0.1) is 23.1 Å². The van der Waals surface area contributed by atoms with Gasteiger partial charge in [0.1, 0.15) is 5.82 Å². The minimum absolute atomic E-state index is 0.0128. The molecule has 3 aromatic rings. The zero-order chi connectivity index (χ0) is 23.8. The monoisotopic (exact) mass is 480 g/mol. The number of carbonyl (C=O) groups excluding carboxylic acids is 1. The fourth-order valence-electron chi connectivity index (χ4n) is 3.97. The molecule has 0 unspecified atom stereocenters. The quantitative estimate of drug-likeness (QED) is 0.457. The highest BCUT2D eigenvalue weighted by atomic mass is 32.1. The molecule has 1 aliphatic heterocycles. The Kier molecular flexibility index (Phi) is 6.35. The van der Waals surface area contributed by atoms with Crippen molar-refractivity contribution < 1.29 is 22.4 Å². The summed E-state index contributed by atoms with van der Waals surface area (Å²) in [5, 5.41) is 0.218. The maximum atomic E-state index is 14.2. The highest BCUT2D eigenvalue weighted by Gasteiger charge is 2.32. The summed E-state index contributed by atoms with van der Waals surface area (Å²) in [5.41, 5.74) is 0.0756. The molecule has 11 heteroatoms. The van der Waals surface area contributed by atoms with Crippen molar-refractivity contribution >= 4 is 29.0 Å². The van der Waals surface area contributed by atoms with E-state index in [0.29, 0.717) is 18.5 Å². The van der Waals surface area contributed by atoms with Gasteiger partial charge in [-0.1, -0.05) is 12.1 Å². The third-order valence-corrected chi connectivity index (χ3v) is 5.80. The molecule has 0 aliphatic carbocycles. The lowest BCUT2D eigenvalue weighted by molar-refractivity contribution is -0.145. The van der Waals surface area contributed by atoms with E-state index in [1.165, 1.54) is 46.2 Å². The first kappa shape index (κ1) is 23.1. The van der Waals surface area contributed by atoms with Crippen molar-refractivity contribution in [1.82, 2.24) is 19.4 Å². The highest BCUT2D eigenvalue weighted by molar-refractivity contribution is 7.71. The molecule has 6 nitrogen and oxygen atoms in total. The van der Waals surface area contributed by atoms with E-state index < -0.39 is 24.1 Å². The van der Waals surface area contributed by atoms with Gasteiger partial charge in [-0.2, -0.15) is 13.2 Å². The Morgan fingerprint density at radius 1 is 1.06 bits per heavy atom. The number of nitrogens with zero attached hydrogens (tertiary/aromatic N) is 3. The number of aromatic nitrogens is 2. The molecule has 0 atom stereocenters. The number of rotatable bonds is 3. The van der Waals surface area contributed by atoms with E-state index in [1.54, 1.807) is 6.07 Å². The average Bonchev–Trinajstić information content (AvgIpc) is 2.98. The van der Waals surface area contributed by atoms with Crippen molar-refractivity contribution in [3.8, 4) is 5.69 Å². The second-order valence-corrected chi connectivity index (χ2v) is 8.21. The van der Waals surface area contributed by atoms with Crippen LogP contribution in [0.25, 0.3) is 16.6 Å². The normalized spacial score (nSPS) is 15.6. The number of hydrogen-bond acceptors (Lipinski definition) is 4. The minimum atomic E-state index is -4.29. The molecule has 1 amide bonds. The van der Waals surface area contributed by atoms with Gasteiger partial charge in [-0.15, -0.1) is 0 Å². The molecule has 1 fully saturated rings. The summed E-state index contributed by atoms with van der Waals surface area (Å²) in [6, 6.07) is 10.2. The zero-order valence-electron chi connectivity index (χ0n) is 17.4. The van der Waals surface area contributed by atoms with Crippen LogP contribution in [-0.2, 0) is 0 Å². The SMILES string of the molecule is O=C(c1ccc2c(=O)n(-c3ccccc3F)c(=S)[nH]c2c1)N1CCCN(CC(F)(F)F)CC1. The number of para-hydroxylation sites is 1. The molecular formula is C22H20F4N4O2S. The summed E-state index contributed by atoms with van der Waals surface area (Å²) in [6.45, 7) is -0.137. The van der Waals surface area contributed by atoms with Crippen LogP contribution in [0.15, 0.2) is 47.3 Å². The third-order valence-electron chi connectivity index (χ3n) is 5.52. The molecule has 0 radical (unpaired) electrons. The maximum absolute atomic E-state index is 14.2. The van der Waals surface area contributed by atoms with E-state index in [-0.39, 0.29) is 46.9 Å². The van der Waals surface area contributed by atoms with Gasteiger partial charge < -0.3 is 9.88 Å². The first-order valence-corrected chi connectivity index (χ1v) is 10.7. The molecule has 2 aromatic carbocycles. The summed E-state index contributed by atoms with van der Waals surface area (Å²) in [6.07, 6.45) is -3.87. The lowest BCUT2D eigenvalue weighted by Gasteiger charge is -2.23. The van der Waals surface area contributed by atoms with Crippen LogP contribution >= 0.6 is 12.2 Å². The Morgan fingerprint density at radius 2 is 1.82 bits per heavy atom. The molecule has 2 heterocycles. The molecule has 4 rings (SSSR count). The van der Waals surface area contributed by atoms with Crippen LogP contribution in [0.4, 0.5) is 17.6 Å². The number of hydrogen-bond donors (Lipinski definition) is 1. The standard InChI is InChI=1S/C22H20F4N4O2S/c23-16-4-1-2-5-18(16)30-20(32)15-7-6-14(12-17(15)27-21(30)33)19(31)29-9-3-8-28(10-11-29)13-22(24,25)26/h1-2,4-7,12H,3,8-11,13H2,(H,27,33). The van der Waals surface area contributed by atoms with Crippen molar-refractivity contribution in [2.45, 2.75) is 12.6 Å². The van der Waals surface area contributed by atoms with Gasteiger partial charge in [-0.25, -0.2) is 8.96 Å². The van der Waals surface area contributed by atoms with E-state index in [2.05, 4.69) is 4.98 Å². The number of fused-ring (bicyclic) bond motifs is 1. The molecule has 1 aromatic heterocycles. The van der Waals surface area contributed by atoms with E-state index in [9.17, 15) is 27.2 Å². The molecule has 0 saturated carbocycles. The summed E-state index contributed by atoms with van der Waals surface area (Å²) >= 11 is 5.26. The van der Waals surface area contributed by atoms with Crippen LogP contribution in [0.5, 0.6) is 0 Å². The van der Waals surface area contributed by atoms with Gasteiger partial charge in [-0.05, 0) is 49.0 Å². The number of amides is 1. The molecule has 1 N–H and O–H groups in total. The Balaban J connectivity index is 1.62. The van der Waals surface area contributed by atoms with Crippen molar-refractivity contribution in [2.24, 2.45) is 0 Å². The highest BCUT2D eigenvalue weighted by Crippen LogP contribution is 2.19.